The van der Waals surface area contributed by atoms with Crippen LogP contribution in [0.4, 0.5) is 0 Å². The molecule has 104 valence electrons. The molecule has 1 aromatic carbocycles. The lowest BCUT2D eigenvalue weighted by molar-refractivity contribution is -0.126. The fourth-order valence-corrected chi connectivity index (χ4v) is 3.52. The molecule has 0 bridgehead atoms. The van der Waals surface area contributed by atoms with Crippen LogP contribution in [-0.4, -0.2) is 12.5 Å². The predicted octanol–water partition coefficient (Wildman–Crippen LogP) is 3.00. The van der Waals surface area contributed by atoms with Crippen molar-refractivity contribution < 1.29 is 4.79 Å². The Morgan fingerprint density at radius 2 is 2.21 bits per heavy atom. The quantitative estimate of drug-likeness (QED) is 0.894. The molecule has 3 atom stereocenters. The van der Waals surface area contributed by atoms with Crippen molar-refractivity contribution in [3.05, 3.63) is 34.3 Å². The molecule has 3 N–H and O–H groups in total. The lowest BCUT2D eigenvalue weighted by Crippen LogP contribution is -2.36. The monoisotopic (exact) mass is 324 g/mol. The highest BCUT2D eigenvalue weighted by Crippen LogP contribution is 2.32. The molecule has 1 unspecified atom stereocenters. The van der Waals surface area contributed by atoms with Gasteiger partial charge in [0.1, 0.15) is 0 Å². The fourth-order valence-electron chi connectivity index (χ4n) is 2.89. The van der Waals surface area contributed by atoms with Crippen LogP contribution in [-0.2, 0) is 4.79 Å². The van der Waals surface area contributed by atoms with Gasteiger partial charge in [0.15, 0.2) is 0 Å². The van der Waals surface area contributed by atoms with Crippen LogP contribution in [0.3, 0.4) is 0 Å². The molecule has 1 saturated carbocycles. The summed E-state index contributed by atoms with van der Waals surface area (Å²) in [6.45, 7) is 2.63. The Balaban J connectivity index is 2.01. The van der Waals surface area contributed by atoms with Crippen molar-refractivity contribution in [2.45, 2.75) is 32.2 Å². The minimum atomic E-state index is 0.0158. The highest BCUT2D eigenvalue weighted by atomic mass is 79.9. The second-order valence-corrected chi connectivity index (χ2v) is 6.14. The molecule has 0 heterocycles. The van der Waals surface area contributed by atoms with E-state index in [9.17, 15) is 4.79 Å². The Hall–Kier alpha value is -0.870. The number of hydrogen-bond acceptors (Lipinski definition) is 2. The molecule has 0 radical (unpaired) electrons. The molecule has 0 spiro atoms. The topological polar surface area (TPSA) is 55.1 Å². The SMILES string of the molecule is CC(NC(=O)[C@@H]1CCC[C@@H]1CN)c1ccccc1Br. The minimum absolute atomic E-state index is 0.0158. The van der Waals surface area contributed by atoms with Crippen molar-refractivity contribution in [2.75, 3.05) is 6.54 Å². The van der Waals surface area contributed by atoms with E-state index in [-0.39, 0.29) is 17.9 Å². The predicted molar refractivity (Wildman–Crippen MR) is 80.6 cm³/mol. The Labute approximate surface area is 123 Å². The van der Waals surface area contributed by atoms with Crippen LogP contribution in [0.5, 0.6) is 0 Å². The van der Waals surface area contributed by atoms with Gasteiger partial charge in [-0.15, -0.1) is 0 Å². The van der Waals surface area contributed by atoms with Crippen molar-refractivity contribution in [1.29, 1.82) is 0 Å². The minimum Gasteiger partial charge on any atom is -0.349 e. The largest absolute Gasteiger partial charge is 0.349 e. The number of halogens is 1. The Bertz CT molecular complexity index is 450. The van der Waals surface area contributed by atoms with E-state index in [1.807, 2.05) is 31.2 Å². The first-order chi connectivity index (χ1) is 9.13. The number of nitrogens with one attached hydrogen (secondary N) is 1. The van der Waals surface area contributed by atoms with Gasteiger partial charge in [-0.05, 0) is 43.9 Å². The van der Waals surface area contributed by atoms with Crippen molar-refractivity contribution in [2.24, 2.45) is 17.6 Å². The van der Waals surface area contributed by atoms with Crippen LogP contribution in [0.25, 0.3) is 0 Å². The maximum atomic E-state index is 12.3. The smallest absolute Gasteiger partial charge is 0.223 e. The number of rotatable bonds is 4. The van der Waals surface area contributed by atoms with E-state index < -0.39 is 0 Å². The highest BCUT2D eigenvalue weighted by Gasteiger charge is 2.32. The number of hydrogen-bond donors (Lipinski definition) is 2. The maximum absolute atomic E-state index is 12.3. The summed E-state index contributed by atoms with van der Waals surface area (Å²) >= 11 is 3.52. The lowest BCUT2D eigenvalue weighted by Gasteiger charge is -2.21. The summed E-state index contributed by atoms with van der Waals surface area (Å²) in [5.74, 6) is 0.595. The van der Waals surface area contributed by atoms with Gasteiger partial charge in [0.05, 0.1) is 6.04 Å². The van der Waals surface area contributed by atoms with Crippen LogP contribution in [0.15, 0.2) is 28.7 Å². The molecular formula is C15H21BrN2O. The first-order valence-electron chi connectivity index (χ1n) is 6.88. The van der Waals surface area contributed by atoms with Gasteiger partial charge < -0.3 is 11.1 Å². The van der Waals surface area contributed by atoms with Crippen molar-refractivity contribution in [3.8, 4) is 0 Å². The number of carbonyl (C=O) groups excluding carboxylic acids is 1. The molecule has 1 aliphatic rings. The van der Waals surface area contributed by atoms with E-state index in [1.165, 1.54) is 0 Å². The van der Waals surface area contributed by atoms with Gasteiger partial charge in [-0.3, -0.25) is 4.79 Å². The van der Waals surface area contributed by atoms with E-state index in [1.54, 1.807) is 0 Å². The summed E-state index contributed by atoms with van der Waals surface area (Å²) in [4.78, 5) is 12.3. The molecule has 2 rings (SSSR count). The summed E-state index contributed by atoms with van der Waals surface area (Å²) in [6, 6.07) is 8.01. The Morgan fingerprint density at radius 3 is 2.89 bits per heavy atom. The molecule has 0 saturated heterocycles. The second-order valence-electron chi connectivity index (χ2n) is 5.28. The maximum Gasteiger partial charge on any atom is 0.223 e. The van der Waals surface area contributed by atoms with Gasteiger partial charge in [0, 0.05) is 10.4 Å². The highest BCUT2D eigenvalue weighted by molar-refractivity contribution is 9.10. The van der Waals surface area contributed by atoms with E-state index in [0.717, 1.165) is 29.3 Å². The average molecular weight is 325 g/mol. The van der Waals surface area contributed by atoms with Gasteiger partial charge in [-0.2, -0.15) is 0 Å². The molecule has 1 fully saturated rings. The summed E-state index contributed by atoms with van der Waals surface area (Å²) in [5, 5.41) is 3.12. The van der Waals surface area contributed by atoms with Crippen LogP contribution in [0.1, 0.15) is 37.8 Å². The van der Waals surface area contributed by atoms with Crippen LogP contribution in [0.2, 0.25) is 0 Å². The summed E-state index contributed by atoms with van der Waals surface area (Å²) in [7, 11) is 0. The number of benzene rings is 1. The van der Waals surface area contributed by atoms with E-state index in [2.05, 4.69) is 21.2 Å². The van der Waals surface area contributed by atoms with E-state index in [0.29, 0.717) is 12.5 Å². The molecule has 1 aromatic rings. The van der Waals surface area contributed by atoms with Gasteiger partial charge in [-0.1, -0.05) is 40.5 Å². The zero-order valence-corrected chi connectivity index (χ0v) is 12.8. The molecule has 0 aromatic heterocycles. The van der Waals surface area contributed by atoms with Gasteiger partial charge in [-0.25, -0.2) is 0 Å². The summed E-state index contributed by atoms with van der Waals surface area (Å²) < 4.78 is 1.03. The van der Waals surface area contributed by atoms with Gasteiger partial charge in [0.2, 0.25) is 5.91 Å². The van der Waals surface area contributed by atoms with E-state index >= 15 is 0 Å². The Kier molecular flexibility index (Phi) is 4.99. The lowest BCUT2D eigenvalue weighted by atomic mass is 9.94. The number of nitrogens with two attached hydrogens (primary N) is 1. The molecule has 4 heteroatoms. The van der Waals surface area contributed by atoms with Crippen LogP contribution >= 0.6 is 15.9 Å². The average Bonchev–Trinajstić information content (AvgIpc) is 2.87. The third-order valence-electron chi connectivity index (χ3n) is 4.03. The van der Waals surface area contributed by atoms with Gasteiger partial charge in [0.25, 0.3) is 0 Å². The molecular weight excluding hydrogens is 304 g/mol. The zero-order valence-electron chi connectivity index (χ0n) is 11.2. The third kappa shape index (κ3) is 3.37. The van der Waals surface area contributed by atoms with Crippen LogP contribution < -0.4 is 11.1 Å². The van der Waals surface area contributed by atoms with Crippen molar-refractivity contribution in [3.63, 3.8) is 0 Å². The fraction of sp³-hybridized carbons (Fsp3) is 0.533. The summed E-state index contributed by atoms with van der Waals surface area (Å²) in [5.41, 5.74) is 6.85. The second kappa shape index (κ2) is 6.53. The summed E-state index contributed by atoms with van der Waals surface area (Å²) in [6.07, 6.45) is 3.16. The zero-order chi connectivity index (χ0) is 13.8. The van der Waals surface area contributed by atoms with Gasteiger partial charge >= 0.3 is 0 Å². The Morgan fingerprint density at radius 1 is 1.47 bits per heavy atom. The van der Waals surface area contributed by atoms with E-state index in [4.69, 9.17) is 5.73 Å². The molecule has 1 aliphatic carbocycles. The normalized spacial score (nSPS) is 24.2. The van der Waals surface area contributed by atoms with Crippen molar-refractivity contribution >= 4 is 21.8 Å². The molecule has 1 amide bonds. The molecule has 19 heavy (non-hydrogen) atoms. The first-order valence-corrected chi connectivity index (χ1v) is 7.67. The molecule has 0 aliphatic heterocycles. The first kappa shape index (κ1) is 14.5. The number of amides is 1. The third-order valence-corrected chi connectivity index (χ3v) is 4.75. The molecule has 3 nitrogen and oxygen atoms in total. The van der Waals surface area contributed by atoms with Crippen molar-refractivity contribution in [1.82, 2.24) is 5.32 Å². The standard InChI is InChI=1S/C15H21BrN2O/c1-10(12-6-2-3-8-14(12)16)18-15(19)13-7-4-5-11(13)9-17/h2-3,6,8,10-11,13H,4-5,7,9,17H2,1H3,(H,18,19)/t10?,11-,13-/m1/s1. The van der Waals surface area contributed by atoms with Crippen LogP contribution in [0, 0.1) is 11.8 Å². The number of carbonyl (C=O) groups is 1.